The van der Waals surface area contributed by atoms with Crippen LogP contribution in [0.5, 0.6) is 0 Å². The number of nitrogens with one attached hydrogen (secondary N) is 3. The number of pyridine rings is 1. The van der Waals surface area contributed by atoms with E-state index in [4.69, 9.17) is 11.6 Å². The summed E-state index contributed by atoms with van der Waals surface area (Å²) < 4.78 is 1.72. The average Bonchev–Trinajstić information content (AvgIpc) is 3.20. The van der Waals surface area contributed by atoms with E-state index in [1.807, 2.05) is 58.2 Å². The van der Waals surface area contributed by atoms with Crippen molar-refractivity contribution in [3.05, 3.63) is 51.5 Å². The van der Waals surface area contributed by atoms with Crippen molar-refractivity contribution in [2.45, 2.75) is 20.8 Å². The summed E-state index contributed by atoms with van der Waals surface area (Å²) >= 11 is 7.44. The van der Waals surface area contributed by atoms with Crippen LogP contribution in [0.1, 0.15) is 16.1 Å². The van der Waals surface area contributed by atoms with E-state index in [1.165, 1.54) is 11.3 Å². The molecule has 8 nitrogen and oxygen atoms in total. The molecule has 0 atom stereocenters. The zero-order chi connectivity index (χ0) is 21.4. The lowest BCUT2D eigenvalue weighted by atomic mass is 10.1. The number of amides is 2. The normalized spacial score (nSPS) is 11.0. The van der Waals surface area contributed by atoms with Crippen LogP contribution in [0.4, 0.5) is 16.4 Å². The Morgan fingerprint density at radius 2 is 1.87 bits per heavy atom. The molecule has 0 aliphatic rings. The maximum absolute atomic E-state index is 12.4. The van der Waals surface area contributed by atoms with Crippen molar-refractivity contribution in [1.29, 1.82) is 0 Å². The highest BCUT2D eigenvalue weighted by Crippen LogP contribution is 2.31. The number of nitrogens with zero attached hydrogens (tertiary/aromatic N) is 4. The largest absolute Gasteiger partial charge is 0.339 e. The van der Waals surface area contributed by atoms with E-state index < -0.39 is 6.03 Å². The van der Waals surface area contributed by atoms with Crippen molar-refractivity contribution in [2.24, 2.45) is 7.05 Å². The molecule has 1 aromatic carbocycles. The number of hydrazine groups is 1. The first-order valence-electron chi connectivity index (χ1n) is 9.19. The first-order chi connectivity index (χ1) is 14.3. The van der Waals surface area contributed by atoms with E-state index in [2.05, 4.69) is 31.2 Å². The van der Waals surface area contributed by atoms with Crippen LogP contribution in [0.3, 0.4) is 0 Å². The zero-order valence-electron chi connectivity index (χ0n) is 16.9. The number of thiazole rings is 1. The summed E-state index contributed by atoms with van der Waals surface area (Å²) in [5.74, 6) is 1.03. The van der Waals surface area contributed by atoms with Gasteiger partial charge in [-0.1, -0.05) is 23.7 Å². The third-order valence-corrected chi connectivity index (χ3v) is 5.86. The lowest BCUT2D eigenvalue weighted by molar-refractivity contribution is 0.253. The number of carbonyl (C=O) groups excluding carboxylic acids is 1. The molecule has 3 aromatic heterocycles. The molecule has 10 heteroatoms. The fraction of sp³-hybridized carbons (Fsp3) is 0.200. The van der Waals surface area contributed by atoms with Crippen LogP contribution in [0.15, 0.2) is 30.3 Å². The van der Waals surface area contributed by atoms with E-state index in [1.54, 1.807) is 4.68 Å². The number of aromatic nitrogens is 4. The Labute approximate surface area is 182 Å². The minimum Gasteiger partial charge on any atom is -0.290 e. The number of fused-ring (bicyclic) bond motifs is 1. The molecule has 30 heavy (non-hydrogen) atoms. The van der Waals surface area contributed by atoms with Crippen molar-refractivity contribution < 1.29 is 4.79 Å². The Morgan fingerprint density at radius 1 is 1.13 bits per heavy atom. The lowest BCUT2D eigenvalue weighted by Crippen LogP contribution is -2.34. The van der Waals surface area contributed by atoms with Gasteiger partial charge in [0.25, 0.3) is 0 Å². The van der Waals surface area contributed by atoms with Crippen LogP contribution < -0.4 is 16.2 Å². The average molecular weight is 442 g/mol. The summed E-state index contributed by atoms with van der Waals surface area (Å²) in [6, 6.07) is 8.85. The number of hydrogen-bond acceptors (Lipinski definition) is 6. The topological polar surface area (TPSA) is 96.8 Å². The fourth-order valence-corrected chi connectivity index (χ4v) is 4.21. The fourth-order valence-electron chi connectivity index (χ4n) is 3.21. The smallest absolute Gasteiger partial charge is 0.290 e. The van der Waals surface area contributed by atoms with Crippen LogP contribution in [-0.4, -0.2) is 25.8 Å². The van der Waals surface area contributed by atoms with Crippen LogP contribution in [0, 0.1) is 20.8 Å². The molecule has 4 aromatic rings. The van der Waals surface area contributed by atoms with Gasteiger partial charge >= 0.3 is 6.03 Å². The molecule has 0 fully saturated rings. The molecule has 0 bridgehead atoms. The molecule has 0 saturated carbocycles. The third-order valence-electron chi connectivity index (χ3n) is 4.59. The van der Waals surface area contributed by atoms with Gasteiger partial charge in [0.2, 0.25) is 0 Å². The molecule has 0 aliphatic heterocycles. The number of anilines is 2. The van der Waals surface area contributed by atoms with Gasteiger partial charge in [-0.3, -0.25) is 15.4 Å². The molecular weight excluding hydrogens is 422 g/mol. The summed E-state index contributed by atoms with van der Waals surface area (Å²) in [6.45, 7) is 5.84. The van der Waals surface area contributed by atoms with Crippen molar-refractivity contribution in [2.75, 3.05) is 10.7 Å². The maximum atomic E-state index is 12.4. The van der Waals surface area contributed by atoms with Crippen molar-refractivity contribution in [1.82, 2.24) is 25.2 Å². The van der Waals surface area contributed by atoms with Crippen LogP contribution in [0.25, 0.3) is 21.6 Å². The quantitative estimate of drug-likeness (QED) is 0.394. The molecule has 0 radical (unpaired) electrons. The van der Waals surface area contributed by atoms with Crippen LogP contribution in [0.2, 0.25) is 5.02 Å². The van der Waals surface area contributed by atoms with E-state index in [0.717, 1.165) is 37.7 Å². The van der Waals surface area contributed by atoms with E-state index >= 15 is 0 Å². The maximum Gasteiger partial charge on any atom is 0.339 e. The molecule has 0 unspecified atom stereocenters. The van der Waals surface area contributed by atoms with E-state index in [9.17, 15) is 4.79 Å². The second kappa shape index (κ2) is 7.92. The van der Waals surface area contributed by atoms with Gasteiger partial charge in [-0.05, 0) is 44.5 Å². The zero-order valence-corrected chi connectivity index (χ0v) is 18.4. The van der Waals surface area contributed by atoms with Gasteiger partial charge in [0.15, 0.2) is 5.65 Å². The number of rotatable bonds is 4. The van der Waals surface area contributed by atoms with Gasteiger partial charge in [-0.2, -0.15) is 5.10 Å². The molecule has 2 amide bonds. The SMILES string of the molecule is Cc1sc(-c2ccc(Cl)cc2)nc1NC(=O)NNc1cc(C)c2c(C)nn(C)c2n1. The number of halogens is 1. The number of carbonyl (C=O) groups is 1. The molecule has 3 heterocycles. The highest BCUT2D eigenvalue weighted by atomic mass is 35.5. The molecule has 0 aliphatic carbocycles. The van der Waals surface area contributed by atoms with Gasteiger partial charge in [-0.15, -0.1) is 11.3 Å². The molecule has 4 rings (SSSR count). The summed E-state index contributed by atoms with van der Waals surface area (Å²) in [7, 11) is 1.84. The van der Waals surface area contributed by atoms with Crippen LogP contribution >= 0.6 is 22.9 Å². The number of hydrogen-bond donors (Lipinski definition) is 3. The Balaban J connectivity index is 1.45. The number of benzene rings is 1. The van der Waals surface area contributed by atoms with Crippen molar-refractivity contribution >= 4 is 51.6 Å². The van der Waals surface area contributed by atoms with Gasteiger partial charge in [0, 0.05) is 27.9 Å². The minimum atomic E-state index is -0.438. The van der Waals surface area contributed by atoms with Gasteiger partial charge in [0.05, 0.1) is 5.69 Å². The standard InChI is InChI=1S/C20H20ClN7OS/c1-10-9-15(22-18-16(10)11(2)27-28(18)4)25-26-20(29)24-17-12(3)30-19(23-17)13-5-7-14(21)8-6-13/h5-9H,1-4H3,(H,22,25)(H2,24,26,29). The first-order valence-corrected chi connectivity index (χ1v) is 10.4. The molecule has 3 N–H and O–H groups in total. The van der Waals surface area contributed by atoms with E-state index in [-0.39, 0.29) is 0 Å². The predicted molar refractivity (Wildman–Crippen MR) is 121 cm³/mol. The summed E-state index contributed by atoms with van der Waals surface area (Å²) in [6.07, 6.45) is 0. The highest BCUT2D eigenvalue weighted by molar-refractivity contribution is 7.15. The summed E-state index contributed by atoms with van der Waals surface area (Å²) in [5.41, 5.74) is 9.09. The Morgan fingerprint density at radius 3 is 2.60 bits per heavy atom. The van der Waals surface area contributed by atoms with Crippen molar-refractivity contribution in [3.8, 4) is 10.6 Å². The number of urea groups is 1. The molecule has 0 saturated heterocycles. The Bertz CT molecular complexity index is 1250. The van der Waals surface area contributed by atoms with Crippen LogP contribution in [-0.2, 0) is 7.05 Å². The predicted octanol–water partition coefficient (Wildman–Crippen LogP) is 4.82. The molecule has 154 valence electrons. The lowest BCUT2D eigenvalue weighted by Gasteiger charge is -2.10. The number of aryl methyl sites for hydroxylation is 4. The van der Waals surface area contributed by atoms with Gasteiger partial charge in [-0.25, -0.2) is 20.2 Å². The van der Waals surface area contributed by atoms with E-state index in [0.29, 0.717) is 16.7 Å². The summed E-state index contributed by atoms with van der Waals surface area (Å²) in [5, 5.41) is 9.65. The summed E-state index contributed by atoms with van der Waals surface area (Å²) in [4.78, 5) is 22.3. The van der Waals surface area contributed by atoms with Gasteiger partial charge in [0.1, 0.15) is 16.6 Å². The first kappa shape index (κ1) is 20.1. The second-order valence-electron chi connectivity index (χ2n) is 6.87. The van der Waals surface area contributed by atoms with Crippen molar-refractivity contribution in [3.63, 3.8) is 0 Å². The Kier molecular flexibility index (Phi) is 5.31. The molecule has 0 spiro atoms. The highest BCUT2D eigenvalue weighted by Gasteiger charge is 2.14. The monoisotopic (exact) mass is 441 g/mol. The second-order valence-corrected chi connectivity index (χ2v) is 8.51. The minimum absolute atomic E-state index is 0.438. The molecular formula is C20H20ClN7OS. The third kappa shape index (κ3) is 3.94. The Hall–Kier alpha value is -3.17. The van der Waals surface area contributed by atoms with Gasteiger partial charge < -0.3 is 0 Å².